The van der Waals surface area contributed by atoms with Crippen LogP contribution in [0.4, 0.5) is 0 Å². The zero-order valence-corrected chi connectivity index (χ0v) is 12.0. The maximum Gasteiger partial charge on any atom is 0.122 e. The molecular formula is C17H25NO. The lowest BCUT2D eigenvalue weighted by atomic mass is 9.94. The first kappa shape index (κ1) is 13.0. The largest absolute Gasteiger partial charge is 0.490 e. The third kappa shape index (κ3) is 3.30. The average Bonchev–Trinajstić information content (AvgIpc) is 2.37. The second-order valence-electron chi connectivity index (χ2n) is 6.13. The molecule has 1 saturated heterocycles. The summed E-state index contributed by atoms with van der Waals surface area (Å²) in [5, 5.41) is 3.64. The standard InChI is InChI=1S/C17H25NO/c1-13-8-9-17(19-16-6-4-7-16)14(11-13)12-15-5-2-3-10-18-15/h8-9,11,15-16,18H,2-7,10,12H2,1H3. The van der Waals surface area contributed by atoms with Crippen molar-refractivity contribution in [3.63, 3.8) is 0 Å². The van der Waals surface area contributed by atoms with Gasteiger partial charge in [-0.15, -0.1) is 0 Å². The van der Waals surface area contributed by atoms with E-state index in [-0.39, 0.29) is 0 Å². The van der Waals surface area contributed by atoms with Crippen LogP contribution in [0.3, 0.4) is 0 Å². The normalized spacial score (nSPS) is 23.9. The Morgan fingerprint density at radius 2 is 2.05 bits per heavy atom. The van der Waals surface area contributed by atoms with Gasteiger partial charge >= 0.3 is 0 Å². The molecule has 0 amide bonds. The van der Waals surface area contributed by atoms with Gasteiger partial charge in [-0.05, 0) is 63.6 Å². The van der Waals surface area contributed by atoms with Crippen molar-refractivity contribution in [3.05, 3.63) is 29.3 Å². The summed E-state index contributed by atoms with van der Waals surface area (Å²) in [4.78, 5) is 0. The summed E-state index contributed by atoms with van der Waals surface area (Å²) in [6.45, 7) is 3.35. The van der Waals surface area contributed by atoms with Crippen molar-refractivity contribution in [2.24, 2.45) is 0 Å². The highest BCUT2D eigenvalue weighted by Crippen LogP contribution is 2.29. The Labute approximate surface area is 116 Å². The number of aryl methyl sites for hydroxylation is 1. The summed E-state index contributed by atoms with van der Waals surface area (Å²) < 4.78 is 6.15. The summed E-state index contributed by atoms with van der Waals surface area (Å²) in [5.41, 5.74) is 2.73. The minimum absolute atomic E-state index is 0.473. The molecule has 2 heteroatoms. The summed E-state index contributed by atoms with van der Waals surface area (Å²) in [7, 11) is 0. The van der Waals surface area contributed by atoms with Gasteiger partial charge in [0.1, 0.15) is 5.75 Å². The maximum absolute atomic E-state index is 6.15. The minimum atomic E-state index is 0.473. The Morgan fingerprint density at radius 1 is 1.16 bits per heavy atom. The second-order valence-corrected chi connectivity index (χ2v) is 6.13. The third-order valence-corrected chi connectivity index (χ3v) is 4.44. The van der Waals surface area contributed by atoms with Gasteiger partial charge in [0.25, 0.3) is 0 Å². The van der Waals surface area contributed by atoms with Crippen molar-refractivity contribution in [2.45, 2.75) is 64.0 Å². The SMILES string of the molecule is Cc1ccc(OC2CCC2)c(CC2CCCCN2)c1. The van der Waals surface area contributed by atoms with Crippen molar-refractivity contribution in [3.8, 4) is 5.75 Å². The fraction of sp³-hybridized carbons (Fsp3) is 0.647. The molecular weight excluding hydrogens is 234 g/mol. The molecule has 1 N–H and O–H groups in total. The van der Waals surface area contributed by atoms with Gasteiger partial charge in [-0.3, -0.25) is 0 Å². The van der Waals surface area contributed by atoms with Crippen LogP contribution in [-0.4, -0.2) is 18.7 Å². The van der Waals surface area contributed by atoms with E-state index in [1.165, 1.54) is 56.2 Å². The Bertz CT molecular complexity index is 419. The van der Waals surface area contributed by atoms with Gasteiger partial charge in [0.05, 0.1) is 6.10 Å². The van der Waals surface area contributed by atoms with E-state index < -0.39 is 0 Å². The highest BCUT2D eigenvalue weighted by Gasteiger charge is 2.21. The van der Waals surface area contributed by atoms with Gasteiger partial charge in [-0.2, -0.15) is 0 Å². The van der Waals surface area contributed by atoms with E-state index in [2.05, 4.69) is 30.4 Å². The van der Waals surface area contributed by atoms with Crippen molar-refractivity contribution in [1.82, 2.24) is 5.32 Å². The van der Waals surface area contributed by atoms with E-state index in [9.17, 15) is 0 Å². The highest BCUT2D eigenvalue weighted by molar-refractivity contribution is 5.37. The molecule has 0 bridgehead atoms. The first-order valence-corrected chi connectivity index (χ1v) is 7.81. The maximum atomic E-state index is 6.15. The fourth-order valence-corrected chi connectivity index (χ4v) is 3.01. The van der Waals surface area contributed by atoms with E-state index in [1.54, 1.807) is 0 Å². The minimum Gasteiger partial charge on any atom is -0.490 e. The number of rotatable bonds is 4. The van der Waals surface area contributed by atoms with Crippen LogP contribution in [0.25, 0.3) is 0 Å². The lowest BCUT2D eigenvalue weighted by Crippen LogP contribution is -2.35. The van der Waals surface area contributed by atoms with Crippen LogP contribution in [0.15, 0.2) is 18.2 Å². The molecule has 1 atom stereocenters. The molecule has 1 aromatic carbocycles. The summed E-state index contributed by atoms with van der Waals surface area (Å²) in [6, 6.07) is 7.29. The van der Waals surface area contributed by atoms with Gasteiger partial charge < -0.3 is 10.1 Å². The second kappa shape index (κ2) is 5.96. The van der Waals surface area contributed by atoms with Crippen LogP contribution in [0.5, 0.6) is 5.75 Å². The first-order valence-electron chi connectivity index (χ1n) is 7.81. The Morgan fingerprint density at radius 3 is 2.74 bits per heavy atom. The molecule has 1 unspecified atom stereocenters. The van der Waals surface area contributed by atoms with E-state index in [0.717, 1.165) is 12.2 Å². The number of hydrogen-bond acceptors (Lipinski definition) is 2. The molecule has 3 rings (SSSR count). The van der Waals surface area contributed by atoms with E-state index in [0.29, 0.717) is 12.1 Å². The Balaban J connectivity index is 1.71. The molecule has 1 aliphatic carbocycles. The first-order chi connectivity index (χ1) is 9.31. The predicted molar refractivity (Wildman–Crippen MR) is 78.8 cm³/mol. The molecule has 0 spiro atoms. The summed E-state index contributed by atoms with van der Waals surface area (Å²) in [6.07, 6.45) is 9.37. The van der Waals surface area contributed by atoms with Gasteiger partial charge in [-0.25, -0.2) is 0 Å². The van der Waals surface area contributed by atoms with Gasteiger partial charge in [0, 0.05) is 6.04 Å². The Hall–Kier alpha value is -1.02. The zero-order valence-electron chi connectivity index (χ0n) is 12.0. The van der Waals surface area contributed by atoms with Crippen LogP contribution >= 0.6 is 0 Å². The monoisotopic (exact) mass is 259 g/mol. The number of nitrogens with one attached hydrogen (secondary N) is 1. The summed E-state index contributed by atoms with van der Waals surface area (Å²) in [5.74, 6) is 1.13. The molecule has 2 nitrogen and oxygen atoms in total. The smallest absolute Gasteiger partial charge is 0.122 e. The van der Waals surface area contributed by atoms with Crippen molar-refractivity contribution >= 4 is 0 Å². The molecule has 2 fully saturated rings. The van der Waals surface area contributed by atoms with Crippen LogP contribution in [0, 0.1) is 6.92 Å². The number of benzene rings is 1. The summed E-state index contributed by atoms with van der Waals surface area (Å²) >= 11 is 0. The van der Waals surface area contributed by atoms with E-state index in [4.69, 9.17) is 4.74 Å². The Kier molecular flexibility index (Phi) is 4.07. The van der Waals surface area contributed by atoms with Crippen LogP contribution < -0.4 is 10.1 Å². The lowest BCUT2D eigenvalue weighted by Gasteiger charge is -2.29. The quantitative estimate of drug-likeness (QED) is 0.892. The fourth-order valence-electron chi connectivity index (χ4n) is 3.01. The third-order valence-electron chi connectivity index (χ3n) is 4.44. The van der Waals surface area contributed by atoms with Crippen LogP contribution in [-0.2, 0) is 6.42 Å². The predicted octanol–water partition coefficient (Wildman–Crippen LogP) is 3.61. The topological polar surface area (TPSA) is 21.3 Å². The number of ether oxygens (including phenoxy) is 1. The molecule has 0 radical (unpaired) electrons. The number of piperidine rings is 1. The molecule has 104 valence electrons. The average molecular weight is 259 g/mol. The highest BCUT2D eigenvalue weighted by atomic mass is 16.5. The molecule has 1 aliphatic heterocycles. The van der Waals surface area contributed by atoms with E-state index in [1.807, 2.05) is 0 Å². The van der Waals surface area contributed by atoms with Crippen LogP contribution in [0.1, 0.15) is 49.7 Å². The van der Waals surface area contributed by atoms with Gasteiger partial charge in [-0.1, -0.05) is 24.1 Å². The van der Waals surface area contributed by atoms with Crippen molar-refractivity contribution < 1.29 is 4.74 Å². The molecule has 1 saturated carbocycles. The van der Waals surface area contributed by atoms with Crippen molar-refractivity contribution in [2.75, 3.05) is 6.54 Å². The molecule has 1 heterocycles. The zero-order chi connectivity index (χ0) is 13.1. The molecule has 2 aliphatic rings. The van der Waals surface area contributed by atoms with E-state index >= 15 is 0 Å². The van der Waals surface area contributed by atoms with Crippen molar-refractivity contribution in [1.29, 1.82) is 0 Å². The molecule has 0 aromatic heterocycles. The van der Waals surface area contributed by atoms with Gasteiger partial charge in [0.2, 0.25) is 0 Å². The molecule has 19 heavy (non-hydrogen) atoms. The molecule has 1 aromatic rings. The van der Waals surface area contributed by atoms with Crippen LogP contribution in [0.2, 0.25) is 0 Å². The van der Waals surface area contributed by atoms with Gasteiger partial charge in [0.15, 0.2) is 0 Å². The lowest BCUT2D eigenvalue weighted by molar-refractivity contribution is 0.118. The number of hydrogen-bond donors (Lipinski definition) is 1.